The van der Waals surface area contributed by atoms with Gasteiger partial charge in [-0.3, -0.25) is 0 Å². The molecule has 0 unspecified atom stereocenters. The van der Waals surface area contributed by atoms with Crippen LogP contribution in [0, 0.1) is 6.92 Å². The third-order valence-electron chi connectivity index (χ3n) is 2.89. The van der Waals surface area contributed by atoms with Gasteiger partial charge in [0.1, 0.15) is 5.82 Å². The molecule has 2 aromatic heterocycles. The van der Waals surface area contributed by atoms with Gasteiger partial charge in [0.15, 0.2) is 0 Å². The second-order valence-corrected chi connectivity index (χ2v) is 4.37. The maximum Gasteiger partial charge on any atom is 0.103 e. The van der Waals surface area contributed by atoms with Crippen molar-refractivity contribution in [3.05, 3.63) is 60.7 Å². The van der Waals surface area contributed by atoms with E-state index in [4.69, 9.17) is 0 Å². The number of aryl methyl sites for hydroxylation is 1. The number of aromatic nitrogens is 4. The van der Waals surface area contributed by atoms with Gasteiger partial charge < -0.3 is 14.9 Å². The molecule has 0 fully saturated rings. The molecular weight excluding hydrogens is 238 g/mol. The first-order chi connectivity index (χ1) is 9.31. The summed E-state index contributed by atoms with van der Waals surface area (Å²) in [7, 11) is 0. The molecule has 0 spiro atoms. The van der Waals surface area contributed by atoms with Gasteiger partial charge in [0.2, 0.25) is 0 Å². The van der Waals surface area contributed by atoms with Gasteiger partial charge in [-0.15, -0.1) is 0 Å². The van der Waals surface area contributed by atoms with E-state index in [0.717, 1.165) is 29.4 Å². The molecule has 5 nitrogen and oxygen atoms in total. The van der Waals surface area contributed by atoms with E-state index in [9.17, 15) is 0 Å². The van der Waals surface area contributed by atoms with Gasteiger partial charge in [0.25, 0.3) is 0 Å². The summed E-state index contributed by atoms with van der Waals surface area (Å²) in [6.07, 6.45) is 7.34. The number of aromatic amines is 1. The van der Waals surface area contributed by atoms with Crippen molar-refractivity contribution >= 4 is 5.69 Å². The second kappa shape index (κ2) is 4.97. The molecule has 19 heavy (non-hydrogen) atoms. The van der Waals surface area contributed by atoms with Crippen LogP contribution < -0.4 is 5.32 Å². The fourth-order valence-corrected chi connectivity index (χ4v) is 1.95. The number of benzene rings is 1. The molecule has 0 atom stereocenters. The Morgan fingerprint density at radius 3 is 3.05 bits per heavy atom. The SMILES string of the molecule is Cc1ncc(CNc2cccc(-n3ccnc3)c2)[nH]1. The molecule has 96 valence electrons. The monoisotopic (exact) mass is 253 g/mol. The van der Waals surface area contributed by atoms with E-state index in [1.807, 2.05) is 42.1 Å². The lowest BCUT2D eigenvalue weighted by atomic mass is 10.2. The molecule has 5 heteroatoms. The Hall–Kier alpha value is -2.56. The number of H-pyrrole nitrogens is 1. The first kappa shape index (κ1) is 11.5. The number of hydrogen-bond acceptors (Lipinski definition) is 3. The number of anilines is 1. The standard InChI is InChI=1S/C14H15N5/c1-11-16-8-13(18-11)9-17-12-3-2-4-14(7-12)19-6-5-15-10-19/h2-8,10,17H,9H2,1H3,(H,16,18). The van der Waals surface area contributed by atoms with Crippen LogP contribution in [0.5, 0.6) is 0 Å². The number of imidazole rings is 2. The fourth-order valence-electron chi connectivity index (χ4n) is 1.95. The molecule has 0 saturated carbocycles. The van der Waals surface area contributed by atoms with E-state index < -0.39 is 0 Å². The van der Waals surface area contributed by atoms with Crippen molar-refractivity contribution < 1.29 is 0 Å². The third kappa shape index (κ3) is 2.65. The number of nitrogens with zero attached hydrogens (tertiary/aromatic N) is 3. The first-order valence-corrected chi connectivity index (χ1v) is 6.14. The molecular formula is C14H15N5. The van der Waals surface area contributed by atoms with Gasteiger partial charge in [-0.25, -0.2) is 9.97 Å². The highest BCUT2D eigenvalue weighted by atomic mass is 15.0. The lowest BCUT2D eigenvalue weighted by molar-refractivity contribution is 1.04. The topological polar surface area (TPSA) is 58.5 Å². The largest absolute Gasteiger partial charge is 0.379 e. The molecule has 0 amide bonds. The summed E-state index contributed by atoms with van der Waals surface area (Å²) < 4.78 is 1.98. The van der Waals surface area contributed by atoms with Crippen molar-refractivity contribution in [3.8, 4) is 5.69 Å². The summed E-state index contributed by atoms with van der Waals surface area (Å²) in [4.78, 5) is 11.4. The first-order valence-electron chi connectivity index (χ1n) is 6.14. The number of nitrogens with one attached hydrogen (secondary N) is 2. The Kier molecular flexibility index (Phi) is 3.02. The average molecular weight is 253 g/mol. The zero-order valence-electron chi connectivity index (χ0n) is 10.7. The van der Waals surface area contributed by atoms with E-state index in [2.05, 4.69) is 26.3 Å². The molecule has 2 N–H and O–H groups in total. The Morgan fingerprint density at radius 1 is 1.37 bits per heavy atom. The van der Waals surface area contributed by atoms with Crippen molar-refractivity contribution in [1.82, 2.24) is 19.5 Å². The fraction of sp³-hybridized carbons (Fsp3) is 0.143. The smallest absolute Gasteiger partial charge is 0.103 e. The van der Waals surface area contributed by atoms with Crippen LogP contribution in [0.2, 0.25) is 0 Å². The molecule has 0 bridgehead atoms. The Balaban J connectivity index is 1.73. The molecule has 2 heterocycles. The van der Waals surface area contributed by atoms with Crippen LogP contribution in [0.3, 0.4) is 0 Å². The predicted octanol–water partition coefficient (Wildman–Crippen LogP) is 2.52. The summed E-state index contributed by atoms with van der Waals surface area (Å²) in [5.74, 6) is 0.934. The van der Waals surface area contributed by atoms with Crippen molar-refractivity contribution in [2.45, 2.75) is 13.5 Å². The minimum absolute atomic E-state index is 0.730. The average Bonchev–Trinajstić information content (AvgIpc) is 3.08. The molecule has 0 radical (unpaired) electrons. The van der Waals surface area contributed by atoms with E-state index in [1.165, 1.54) is 0 Å². The summed E-state index contributed by atoms with van der Waals surface area (Å²) in [6, 6.07) is 8.21. The zero-order valence-corrected chi connectivity index (χ0v) is 10.7. The maximum absolute atomic E-state index is 4.18. The Bertz CT molecular complexity index is 654. The van der Waals surface area contributed by atoms with E-state index in [1.54, 1.807) is 12.5 Å². The van der Waals surface area contributed by atoms with Gasteiger partial charge >= 0.3 is 0 Å². The molecule has 1 aromatic carbocycles. The second-order valence-electron chi connectivity index (χ2n) is 4.37. The lowest BCUT2D eigenvalue weighted by Crippen LogP contribution is -2.00. The third-order valence-corrected chi connectivity index (χ3v) is 2.89. The van der Waals surface area contributed by atoms with Crippen LogP contribution in [0.1, 0.15) is 11.5 Å². The minimum atomic E-state index is 0.730. The van der Waals surface area contributed by atoms with Crippen LogP contribution in [0.25, 0.3) is 5.69 Å². The van der Waals surface area contributed by atoms with Gasteiger partial charge in [-0.2, -0.15) is 0 Å². The number of hydrogen-bond donors (Lipinski definition) is 2. The van der Waals surface area contributed by atoms with E-state index >= 15 is 0 Å². The molecule has 0 aliphatic heterocycles. The van der Waals surface area contributed by atoms with Crippen LogP contribution in [0.4, 0.5) is 5.69 Å². The highest BCUT2D eigenvalue weighted by molar-refractivity contribution is 5.51. The number of rotatable bonds is 4. The maximum atomic E-state index is 4.18. The zero-order chi connectivity index (χ0) is 13.1. The minimum Gasteiger partial charge on any atom is -0.379 e. The van der Waals surface area contributed by atoms with Gasteiger partial charge in [0.05, 0.1) is 24.8 Å². The van der Waals surface area contributed by atoms with Crippen LogP contribution in [0.15, 0.2) is 49.2 Å². The molecule has 0 saturated heterocycles. The Labute approximate surface area is 111 Å². The van der Waals surface area contributed by atoms with Crippen LogP contribution >= 0.6 is 0 Å². The highest BCUT2D eigenvalue weighted by Gasteiger charge is 1.99. The molecule has 0 aliphatic carbocycles. The summed E-state index contributed by atoms with van der Waals surface area (Å²) in [6.45, 7) is 2.68. The van der Waals surface area contributed by atoms with Crippen molar-refractivity contribution in [2.24, 2.45) is 0 Å². The van der Waals surface area contributed by atoms with Crippen LogP contribution in [-0.4, -0.2) is 19.5 Å². The Morgan fingerprint density at radius 2 is 2.32 bits per heavy atom. The highest BCUT2D eigenvalue weighted by Crippen LogP contribution is 2.15. The van der Waals surface area contributed by atoms with E-state index in [0.29, 0.717) is 0 Å². The molecule has 3 rings (SSSR count). The van der Waals surface area contributed by atoms with Crippen LogP contribution in [-0.2, 0) is 6.54 Å². The quantitative estimate of drug-likeness (QED) is 0.751. The molecule has 0 aliphatic rings. The van der Waals surface area contributed by atoms with Gasteiger partial charge in [-0.1, -0.05) is 6.07 Å². The van der Waals surface area contributed by atoms with Crippen molar-refractivity contribution in [3.63, 3.8) is 0 Å². The molecule has 3 aromatic rings. The van der Waals surface area contributed by atoms with Gasteiger partial charge in [0, 0.05) is 23.8 Å². The lowest BCUT2D eigenvalue weighted by Gasteiger charge is -2.08. The van der Waals surface area contributed by atoms with Crippen molar-refractivity contribution in [1.29, 1.82) is 0 Å². The van der Waals surface area contributed by atoms with Crippen molar-refractivity contribution in [2.75, 3.05) is 5.32 Å². The summed E-state index contributed by atoms with van der Waals surface area (Å²) in [5.41, 5.74) is 3.23. The van der Waals surface area contributed by atoms with Gasteiger partial charge in [-0.05, 0) is 25.1 Å². The normalized spacial score (nSPS) is 10.6. The summed E-state index contributed by atoms with van der Waals surface area (Å²) in [5, 5.41) is 3.37. The predicted molar refractivity (Wildman–Crippen MR) is 74.2 cm³/mol. The van der Waals surface area contributed by atoms with E-state index in [-0.39, 0.29) is 0 Å². The summed E-state index contributed by atoms with van der Waals surface area (Å²) >= 11 is 0.